The molecule has 1 amide bonds. The summed E-state index contributed by atoms with van der Waals surface area (Å²) in [6.45, 7) is 4.32. The van der Waals surface area contributed by atoms with E-state index in [1.807, 2.05) is 12.1 Å². The number of amides is 1. The summed E-state index contributed by atoms with van der Waals surface area (Å²) in [6.07, 6.45) is 2.69. The fourth-order valence-electron chi connectivity index (χ4n) is 1.42. The third kappa shape index (κ3) is 3.35. The average molecular weight is 206 g/mol. The van der Waals surface area contributed by atoms with Crippen LogP contribution in [0.2, 0.25) is 0 Å². The van der Waals surface area contributed by atoms with E-state index in [-0.39, 0.29) is 5.91 Å². The fraction of sp³-hybridized carbons (Fsp3) is 0.500. The third-order valence-electron chi connectivity index (χ3n) is 2.09. The van der Waals surface area contributed by atoms with Gasteiger partial charge in [-0.2, -0.15) is 0 Å². The van der Waals surface area contributed by atoms with Crippen molar-refractivity contribution in [2.75, 3.05) is 14.1 Å². The van der Waals surface area contributed by atoms with Crippen LogP contribution >= 0.6 is 0 Å². The largest absolute Gasteiger partial charge is 0.343 e. The molecule has 0 saturated carbocycles. The minimum atomic E-state index is -0.0411. The Morgan fingerprint density at radius 1 is 1.47 bits per heavy atom. The van der Waals surface area contributed by atoms with Crippen molar-refractivity contribution in [3.8, 4) is 0 Å². The van der Waals surface area contributed by atoms with Crippen molar-refractivity contribution in [1.29, 1.82) is 0 Å². The van der Waals surface area contributed by atoms with Gasteiger partial charge in [0.1, 0.15) is 5.69 Å². The maximum absolute atomic E-state index is 11.6. The second-order valence-electron chi connectivity index (χ2n) is 4.35. The number of hydrogen-bond acceptors (Lipinski definition) is 2. The van der Waals surface area contributed by atoms with Gasteiger partial charge in [0.15, 0.2) is 0 Å². The quantitative estimate of drug-likeness (QED) is 0.757. The van der Waals surface area contributed by atoms with E-state index in [1.165, 1.54) is 5.56 Å². The number of carbonyl (C=O) groups excluding carboxylic acids is 1. The first-order valence-corrected chi connectivity index (χ1v) is 5.17. The topological polar surface area (TPSA) is 33.2 Å². The van der Waals surface area contributed by atoms with Gasteiger partial charge < -0.3 is 4.90 Å². The van der Waals surface area contributed by atoms with Gasteiger partial charge in [-0.3, -0.25) is 9.78 Å². The summed E-state index contributed by atoms with van der Waals surface area (Å²) in [7, 11) is 3.47. The molecular weight excluding hydrogens is 188 g/mol. The molecule has 0 aliphatic heterocycles. The summed E-state index contributed by atoms with van der Waals surface area (Å²) >= 11 is 0. The zero-order valence-electron chi connectivity index (χ0n) is 9.82. The van der Waals surface area contributed by atoms with Crippen molar-refractivity contribution in [1.82, 2.24) is 9.88 Å². The van der Waals surface area contributed by atoms with E-state index in [4.69, 9.17) is 0 Å². The van der Waals surface area contributed by atoms with Crippen LogP contribution in [0.3, 0.4) is 0 Å². The SMILES string of the molecule is CC(C)Cc1ccnc(C(=O)N(C)C)c1. The predicted molar refractivity (Wildman–Crippen MR) is 60.8 cm³/mol. The molecule has 82 valence electrons. The number of carbonyl (C=O) groups is 1. The molecule has 0 N–H and O–H groups in total. The Hall–Kier alpha value is -1.38. The fourth-order valence-corrected chi connectivity index (χ4v) is 1.42. The average Bonchev–Trinajstić information content (AvgIpc) is 2.16. The molecule has 0 saturated heterocycles. The Labute approximate surface area is 91.1 Å². The molecule has 1 aromatic rings. The Kier molecular flexibility index (Phi) is 3.83. The molecule has 0 radical (unpaired) electrons. The van der Waals surface area contributed by atoms with Crippen LogP contribution in [-0.4, -0.2) is 29.9 Å². The molecule has 0 aliphatic carbocycles. The summed E-state index contributed by atoms with van der Waals surface area (Å²) in [5, 5.41) is 0. The summed E-state index contributed by atoms with van der Waals surface area (Å²) < 4.78 is 0. The van der Waals surface area contributed by atoms with Crippen LogP contribution in [0.15, 0.2) is 18.3 Å². The maximum Gasteiger partial charge on any atom is 0.271 e. The zero-order chi connectivity index (χ0) is 11.4. The van der Waals surface area contributed by atoms with Crippen molar-refractivity contribution in [3.05, 3.63) is 29.6 Å². The van der Waals surface area contributed by atoms with Gasteiger partial charge in [-0.05, 0) is 30.0 Å². The van der Waals surface area contributed by atoms with Crippen molar-refractivity contribution < 1.29 is 4.79 Å². The lowest BCUT2D eigenvalue weighted by Crippen LogP contribution is -2.22. The van der Waals surface area contributed by atoms with Crippen LogP contribution in [-0.2, 0) is 6.42 Å². The number of pyridine rings is 1. The van der Waals surface area contributed by atoms with Crippen LogP contribution < -0.4 is 0 Å². The van der Waals surface area contributed by atoms with E-state index >= 15 is 0 Å². The van der Waals surface area contributed by atoms with Crippen LogP contribution in [0, 0.1) is 5.92 Å². The van der Waals surface area contributed by atoms with E-state index < -0.39 is 0 Å². The number of aromatic nitrogens is 1. The Morgan fingerprint density at radius 2 is 2.13 bits per heavy atom. The van der Waals surface area contributed by atoms with Crippen LogP contribution in [0.25, 0.3) is 0 Å². The molecule has 0 fully saturated rings. The molecule has 1 heterocycles. The van der Waals surface area contributed by atoms with Gasteiger partial charge in [-0.1, -0.05) is 13.8 Å². The predicted octanol–water partition coefficient (Wildman–Crippen LogP) is 1.98. The lowest BCUT2D eigenvalue weighted by molar-refractivity contribution is 0.0822. The minimum Gasteiger partial charge on any atom is -0.343 e. The standard InChI is InChI=1S/C12H18N2O/c1-9(2)7-10-5-6-13-11(8-10)12(15)14(3)4/h5-6,8-9H,7H2,1-4H3. The first-order chi connectivity index (χ1) is 7.00. The van der Waals surface area contributed by atoms with Gasteiger partial charge >= 0.3 is 0 Å². The summed E-state index contributed by atoms with van der Waals surface area (Å²) in [5.74, 6) is 0.551. The molecule has 0 spiro atoms. The van der Waals surface area contributed by atoms with Gasteiger partial charge in [-0.25, -0.2) is 0 Å². The van der Waals surface area contributed by atoms with Gasteiger partial charge in [0.25, 0.3) is 5.91 Å². The second kappa shape index (κ2) is 4.91. The summed E-state index contributed by atoms with van der Waals surface area (Å²) in [6, 6.07) is 3.84. The second-order valence-corrected chi connectivity index (χ2v) is 4.35. The summed E-state index contributed by atoms with van der Waals surface area (Å²) in [5.41, 5.74) is 1.70. The van der Waals surface area contributed by atoms with Crippen molar-refractivity contribution in [2.24, 2.45) is 5.92 Å². The van der Waals surface area contributed by atoms with E-state index in [0.29, 0.717) is 11.6 Å². The molecule has 1 rings (SSSR count). The normalized spacial score (nSPS) is 10.5. The maximum atomic E-state index is 11.6. The van der Waals surface area contributed by atoms with E-state index in [0.717, 1.165) is 6.42 Å². The number of rotatable bonds is 3. The Morgan fingerprint density at radius 3 is 2.67 bits per heavy atom. The lowest BCUT2D eigenvalue weighted by atomic mass is 10.0. The molecular formula is C12H18N2O. The van der Waals surface area contributed by atoms with E-state index in [9.17, 15) is 4.79 Å². The van der Waals surface area contributed by atoms with Crippen LogP contribution in [0.1, 0.15) is 29.9 Å². The van der Waals surface area contributed by atoms with Crippen molar-refractivity contribution >= 4 is 5.91 Å². The first kappa shape index (κ1) is 11.7. The van der Waals surface area contributed by atoms with Gasteiger partial charge in [-0.15, -0.1) is 0 Å². The van der Waals surface area contributed by atoms with E-state index in [1.54, 1.807) is 25.2 Å². The highest BCUT2D eigenvalue weighted by Crippen LogP contribution is 2.09. The smallest absolute Gasteiger partial charge is 0.271 e. The van der Waals surface area contributed by atoms with Crippen molar-refractivity contribution in [3.63, 3.8) is 0 Å². The lowest BCUT2D eigenvalue weighted by Gasteiger charge is -2.10. The summed E-state index contributed by atoms with van der Waals surface area (Å²) in [4.78, 5) is 17.3. The molecule has 3 heteroatoms. The van der Waals surface area contributed by atoms with Crippen LogP contribution in [0.4, 0.5) is 0 Å². The van der Waals surface area contributed by atoms with Gasteiger partial charge in [0, 0.05) is 20.3 Å². The Balaban J connectivity index is 2.87. The van der Waals surface area contributed by atoms with E-state index in [2.05, 4.69) is 18.8 Å². The zero-order valence-corrected chi connectivity index (χ0v) is 9.82. The molecule has 0 atom stereocenters. The minimum absolute atomic E-state index is 0.0411. The highest BCUT2D eigenvalue weighted by atomic mass is 16.2. The van der Waals surface area contributed by atoms with Crippen LogP contribution in [0.5, 0.6) is 0 Å². The molecule has 0 aliphatic rings. The number of hydrogen-bond donors (Lipinski definition) is 0. The monoisotopic (exact) mass is 206 g/mol. The Bertz CT molecular complexity index is 345. The molecule has 0 aromatic carbocycles. The molecule has 15 heavy (non-hydrogen) atoms. The van der Waals surface area contributed by atoms with Gasteiger partial charge in [0.2, 0.25) is 0 Å². The highest BCUT2D eigenvalue weighted by Gasteiger charge is 2.10. The molecule has 0 bridgehead atoms. The third-order valence-corrected chi connectivity index (χ3v) is 2.09. The van der Waals surface area contributed by atoms with Gasteiger partial charge in [0.05, 0.1) is 0 Å². The first-order valence-electron chi connectivity index (χ1n) is 5.17. The van der Waals surface area contributed by atoms with Crippen molar-refractivity contribution in [2.45, 2.75) is 20.3 Å². The molecule has 0 unspecified atom stereocenters. The molecule has 1 aromatic heterocycles. The highest BCUT2D eigenvalue weighted by molar-refractivity contribution is 5.92. The molecule has 3 nitrogen and oxygen atoms in total. The number of nitrogens with zero attached hydrogens (tertiary/aromatic N) is 2.